The molecule has 24 heavy (non-hydrogen) atoms. The third-order valence-electron chi connectivity index (χ3n) is 3.64. The second-order valence-electron chi connectivity index (χ2n) is 5.78. The fourth-order valence-electron chi connectivity index (χ4n) is 2.72. The van der Waals surface area contributed by atoms with E-state index >= 15 is 0 Å². The third-order valence-corrected chi connectivity index (χ3v) is 3.64. The summed E-state index contributed by atoms with van der Waals surface area (Å²) in [7, 11) is 0. The van der Waals surface area contributed by atoms with Crippen LogP contribution in [0.5, 0.6) is 5.75 Å². The van der Waals surface area contributed by atoms with Crippen LogP contribution in [0.15, 0.2) is 28.7 Å². The maximum atomic E-state index is 12.9. The van der Waals surface area contributed by atoms with Crippen LogP contribution in [0.1, 0.15) is 25.4 Å². The Balaban J connectivity index is 1.73. The first-order valence-corrected chi connectivity index (χ1v) is 7.73. The molecule has 2 aromatic rings. The fourth-order valence-corrected chi connectivity index (χ4v) is 2.72. The Labute approximate surface area is 139 Å². The van der Waals surface area contributed by atoms with Crippen LogP contribution in [-0.4, -0.2) is 30.3 Å². The number of ether oxygens (including phenoxy) is 2. The van der Waals surface area contributed by atoms with Gasteiger partial charge in [-0.25, -0.2) is 4.39 Å². The summed E-state index contributed by atoms with van der Waals surface area (Å²) in [4.78, 5) is 6.14. The van der Waals surface area contributed by atoms with Crippen molar-refractivity contribution in [3.63, 3.8) is 0 Å². The van der Waals surface area contributed by atoms with Gasteiger partial charge in [0.25, 0.3) is 0 Å². The molecule has 0 bridgehead atoms. The summed E-state index contributed by atoms with van der Waals surface area (Å²) in [5, 5.41) is 9.30. The number of anilines is 1. The molecule has 0 spiro atoms. The maximum absolute atomic E-state index is 12.9. The lowest BCUT2D eigenvalue weighted by Gasteiger charge is -2.34. The van der Waals surface area contributed by atoms with Gasteiger partial charge in [-0.2, -0.15) is 10.2 Å². The summed E-state index contributed by atoms with van der Waals surface area (Å²) in [5.41, 5.74) is 0.231. The maximum Gasteiger partial charge on any atom is 0.236 e. The predicted molar refractivity (Wildman–Crippen MR) is 84.2 cm³/mol. The molecule has 0 radical (unpaired) electrons. The molecule has 7 heteroatoms. The molecule has 1 aliphatic rings. The van der Waals surface area contributed by atoms with Crippen LogP contribution in [0.2, 0.25) is 0 Å². The lowest BCUT2D eigenvalue weighted by molar-refractivity contribution is -0.00651. The first-order chi connectivity index (χ1) is 11.5. The van der Waals surface area contributed by atoms with Gasteiger partial charge in [0.2, 0.25) is 17.5 Å². The van der Waals surface area contributed by atoms with Crippen LogP contribution in [0, 0.1) is 17.1 Å². The first kappa shape index (κ1) is 16.3. The Morgan fingerprint density at radius 2 is 1.96 bits per heavy atom. The number of nitrogens with zero attached hydrogens (tertiary/aromatic N) is 3. The van der Waals surface area contributed by atoms with Crippen LogP contribution >= 0.6 is 0 Å². The Kier molecular flexibility index (Phi) is 4.67. The monoisotopic (exact) mass is 331 g/mol. The normalized spacial score (nSPS) is 20.7. The second kappa shape index (κ2) is 6.89. The zero-order valence-electron chi connectivity index (χ0n) is 13.5. The molecule has 2 heterocycles. The molecule has 1 aromatic carbocycles. The number of hydrogen-bond donors (Lipinski definition) is 0. The minimum atomic E-state index is -0.330. The van der Waals surface area contributed by atoms with Gasteiger partial charge >= 0.3 is 0 Å². The van der Waals surface area contributed by atoms with Gasteiger partial charge in [0, 0.05) is 13.1 Å². The van der Waals surface area contributed by atoms with E-state index in [1.54, 1.807) is 0 Å². The number of morpholine rings is 1. The van der Waals surface area contributed by atoms with Gasteiger partial charge in [0.1, 0.15) is 17.6 Å². The molecule has 3 rings (SSSR count). The fraction of sp³-hybridized carbons (Fsp3) is 0.412. The molecule has 1 aliphatic heterocycles. The zero-order valence-corrected chi connectivity index (χ0v) is 13.5. The van der Waals surface area contributed by atoms with E-state index in [1.165, 1.54) is 24.3 Å². The number of hydrogen-bond acceptors (Lipinski definition) is 6. The van der Waals surface area contributed by atoms with Gasteiger partial charge in [0.15, 0.2) is 6.61 Å². The van der Waals surface area contributed by atoms with E-state index in [9.17, 15) is 9.65 Å². The molecular formula is C17H18FN3O3. The number of halogens is 1. The van der Waals surface area contributed by atoms with E-state index < -0.39 is 0 Å². The first-order valence-electron chi connectivity index (χ1n) is 7.73. The Morgan fingerprint density at radius 1 is 1.29 bits per heavy atom. The third kappa shape index (κ3) is 3.66. The zero-order chi connectivity index (χ0) is 17.1. The molecule has 6 nitrogen and oxygen atoms in total. The summed E-state index contributed by atoms with van der Waals surface area (Å²) in [6.45, 7) is 5.28. The summed E-state index contributed by atoms with van der Waals surface area (Å²) in [6, 6.07) is 7.73. The van der Waals surface area contributed by atoms with E-state index in [0.717, 1.165) is 0 Å². The van der Waals surface area contributed by atoms with Crippen LogP contribution in [0.4, 0.5) is 10.3 Å². The molecule has 0 aliphatic carbocycles. The van der Waals surface area contributed by atoms with E-state index in [4.69, 9.17) is 13.9 Å². The molecule has 1 aromatic heterocycles. The molecule has 126 valence electrons. The summed E-state index contributed by atoms with van der Waals surface area (Å²) >= 11 is 0. The molecule has 0 amide bonds. The second-order valence-corrected chi connectivity index (χ2v) is 5.78. The Morgan fingerprint density at radius 3 is 2.58 bits per heavy atom. The smallest absolute Gasteiger partial charge is 0.236 e. The average molecular weight is 331 g/mol. The Bertz CT molecular complexity index is 729. The minimum absolute atomic E-state index is 0.0457. The van der Waals surface area contributed by atoms with Gasteiger partial charge in [0.05, 0.1) is 12.2 Å². The summed E-state index contributed by atoms with van der Waals surface area (Å²) in [5.74, 6) is 0.918. The van der Waals surface area contributed by atoms with Crippen LogP contribution in [0.3, 0.4) is 0 Å². The van der Waals surface area contributed by atoms with Crippen molar-refractivity contribution in [1.82, 2.24) is 4.98 Å². The van der Waals surface area contributed by atoms with Crippen LogP contribution in [-0.2, 0) is 11.3 Å². The molecule has 1 fully saturated rings. The van der Waals surface area contributed by atoms with Gasteiger partial charge in [-0.15, -0.1) is 0 Å². The molecule has 2 atom stereocenters. The van der Waals surface area contributed by atoms with Crippen molar-refractivity contribution in [3.8, 4) is 11.8 Å². The molecule has 1 saturated heterocycles. The SMILES string of the molecule is C[C@H]1CN(c2oc(COc3ccc(F)cc3)nc2C#N)C[C@H](C)O1. The summed E-state index contributed by atoms with van der Waals surface area (Å²) in [6.07, 6.45) is 0.0913. The van der Waals surface area contributed by atoms with Gasteiger partial charge in [-0.05, 0) is 38.1 Å². The lowest BCUT2D eigenvalue weighted by atomic mass is 10.2. The van der Waals surface area contributed by atoms with Gasteiger partial charge in [-0.3, -0.25) is 0 Å². The quantitative estimate of drug-likeness (QED) is 0.858. The largest absolute Gasteiger partial charge is 0.484 e. The van der Waals surface area contributed by atoms with E-state index in [1.807, 2.05) is 18.7 Å². The van der Waals surface area contributed by atoms with Crippen molar-refractivity contribution >= 4 is 5.88 Å². The highest BCUT2D eigenvalue weighted by molar-refractivity contribution is 5.48. The van der Waals surface area contributed by atoms with Gasteiger partial charge in [-0.1, -0.05) is 0 Å². The molecular weight excluding hydrogens is 313 g/mol. The van der Waals surface area contributed by atoms with Crippen molar-refractivity contribution in [2.75, 3.05) is 18.0 Å². The average Bonchev–Trinajstić information content (AvgIpc) is 2.97. The van der Waals surface area contributed by atoms with Crippen molar-refractivity contribution in [1.29, 1.82) is 5.26 Å². The van der Waals surface area contributed by atoms with Crippen molar-refractivity contribution in [2.24, 2.45) is 0 Å². The Hall–Kier alpha value is -2.59. The number of nitriles is 1. The van der Waals surface area contributed by atoms with Crippen LogP contribution in [0.25, 0.3) is 0 Å². The predicted octanol–water partition coefficient (Wildman–Crippen LogP) is 2.88. The van der Waals surface area contributed by atoms with Crippen molar-refractivity contribution < 1.29 is 18.3 Å². The van der Waals surface area contributed by atoms with Crippen LogP contribution < -0.4 is 9.64 Å². The number of oxazole rings is 1. The van der Waals surface area contributed by atoms with Crippen molar-refractivity contribution in [2.45, 2.75) is 32.7 Å². The van der Waals surface area contributed by atoms with E-state index in [0.29, 0.717) is 30.6 Å². The number of benzene rings is 1. The van der Waals surface area contributed by atoms with E-state index in [-0.39, 0.29) is 30.3 Å². The molecule has 0 saturated carbocycles. The molecule has 0 unspecified atom stereocenters. The van der Waals surface area contributed by atoms with E-state index in [2.05, 4.69) is 11.1 Å². The molecule has 0 N–H and O–H groups in total. The highest BCUT2D eigenvalue weighted by Crippen LogP contribution is 2.26. The highest BCUT2D eigenvalue weighted by Gasteiger charge is 2.28. The number of rotatable bonds is 4. The highest BCUT2D eigenvalue weighted by atomic mass is 19.1. The lowest BCUT2D eigenvalue weighted by Crippen LogP contribution is -2.45. The standard InChI is InChI=1S/C17H18FN3O3/c1-11-8-21(9-12(2)23-11)17-15(7-19)20-16(24-17)10-22-14-5-3-13(18)4-6-14/h3-6,11-12H,8-10H2,1-2H3/t11-,12-/m0/s1. The summed E-state index contributed by atoms with van der Waals surface area (Å²) < 4.78 is 29.8. The topological polar surface area (TPSA) is 71.5 Å². The number of aromatic nitrogens is 1. The van der Waals surface area contributed by atoms with Gasteiger partial charge < -0.3 is 18.8 Å². The minimum Gasteiger partial charge on any atom is -0.484 e. The van der Waals surface area contributed by atoms with Crippen molar-refractivity contribution in [3.05, 3.63) is 41.7 Å².